The molecule has 0 aliphatic carbocycles. The Morgan fingerprint density at radius 2 is 1.79 bits per heavy atom. The van der Waals surface area contributed by atoms with E-state index in [2.05, 4.69) is 10.3 Å². The number of anilines is 1. The summed E-state index contributed by atoms with van der Waals surface area (Å²) in [5, 5.41) is 3.41. The number of benzene rings is 2. The lowest BCUT2D eigenvalue weighted by Gasteiger charge is -2.12. The number of imidazole rings is 1. The molecule has 0 bridgehead atoms. The molecule has 1 aromatic heterocycles. The molecular weight excluding hydrogens is 391 g/mol. The standard InChI is InChI=1S/C21H21FN4O2S/c1-13-4-3-5-14(2)20(13)25-19(28)12-29-21-24-10-17(26(21)11-18(23)27)15-6-8-16(22)9-7-15/h3-10H,11-12H2,1-2H3,(H2,23,27)(H,25,28). The Balaban J connectivity index is 1.77. The second kappa shape index (κ2) is 8.91. The topological polar surface area (TPSA) is 90.0 Å². The fraction of sp³-hybridized carbons (Fsp3) is 0.190. The lowest BCUT2D eigenvalue weighted by Crippen LogP contribution is -2.20. The number of nitrogens with zero attached hydrogens (tertiary/aromatic N) is 2. The lowest BCUT2D eigenvalue weighted by molar-refractivity contribution is -0.118. The van der Waals surface area contributed by atoms with Gasteiger partial charge in [-0.05, 0) is 54.8 Å². The highest BCUT2D eigenvalue weighted by atomic mass is 32.2. The van der Waals surface area contributed by atoms with E-state index >= 15 is 0 Å². The van der Waals surface area contributed by atoms with Crippen LogP contribution >= 0.6 is 11.8 Å². The number of aromatic nitrogens is 2. The van der Waals surface area contributed by atoms with Crippen molar-refractivity contribution in [2.75, 3.05) is 11.1 Å². The van der Waals surface area contributed by atoms with Gasteiger partial charge in [0.25, 0.3) is 0 Å². The summed E-state index contributed by atoms with van der Waals surface area (Å²) in [4.78, 5) is 28.3. The van der Waals surface area contributed by atoms with Gasteiger partial charge in [0, 0.05) is 5.69 Å². The number of halogens is 1. The molecule has 8 heteroatoms. The van der Waals surface area contributed by atoms with Crippen molar-refractivity contribution in [3.63, 3.8) is 0 Å². The second-order valence-electron chi connectivity index (χ2n) is 6.59. The van der Waals surface area contributed by atoms with Crippen LogP contribution in [0.1, 0.15) is 11.1 Å². The molecule has 0 saturated carbocycles. The van der Waals surface area contributed by atoms with Gasteiger partial charge in [0.15, 0.2) is 5.16 Å². The predicted molar refractivity (Wildman–Crippen MR) is 112 cm³/mol. The van der Waals surface area contributed by atoms with Crippen LogP contribution in [-0.2, 0) is 16.1 Å². The Hall–Kier alpha value is -3.13. The lowest BCUT2D eigenvalue weighted by atomic mass is 10.1. The van der Waals surface area contributed by atoms with E-state index < -0.39 is 5.91 Å². The van der Waals surface area contributed by atoms with Gasteiger partial charge in [-0.1, -0.05) is 30.0 Å². The van der Waals surface area contributed by atoms with Crippen molar-refractivity contribution in [2.24, 2.45) is 5.73 Å². The molecule has 2 aromatic carbocycles. The number of aryl methyl sites for hydroxylation is 2. The first-order valence-corrected chi connectivity index (χ1v) is 9.92. The number of nitrogens with two attached hydrogens (primary N) is 1. The third-order valence-electron chi connectivity index (χ3n) is 4.35. The summed E-state index contributed by atoms with van der Waals surface area (Å²) in [6, 6.07) is 11.7. The Bertz CT molecular complexity index is 1030. The molecule has 0 spiro atoms. The number of hydrogen-bond acceptors (Lipinski definition) is 4. The van der Waals surface area contributed by atoms with Gasteiger partial charge in [0.2, 0.25) is 11.8 Å². The van der Waals surface area contributed by atoms with Crippen LogP contribution in [0.3, 0.4) is 0 Å². The van der Waals surface area contributed by atoms with Crippen molar-refractivity contribution in [1.29, 1.82) is 0 Å². The number of carbonyl (C=O) groups excluding carboxylic acids is 2. The van der Waals surface area contributed by atoms with Crippen molar-refractivity contribution in [2.45, 2.75) is 25.5 Å². The van der Waals surface area contributed by atoms with E-state index in [9.17, 15) is 14.0 Å². The largest absolute Gasteiger partial charge is 0.368 e. The van der Waals surface area contributed by atoms with Crippen LogP contribution < -0.4 is 11.1 Å². The van der Waals surface area contributed by atoms with Crippen LogP contribution in [0.4, 0.5) is 10.1 Å². The molecule has 2 amide bonds. The summed E-state index contributed by atoms with van der Waals surface area (Å²) in [6.07, 6.45) is 1.59. The van der Waals surface area contributed by atoms with Crippen molar-refractivity contribution in [3.05, 3.63) is 65.6 Å². The maximum Gasteiger partial charge on any atom is 0.237 e. The van der Waals surface area contributed by atoms with E-state index in [1.54, 1.807) is 22.9 Å². The summed E-state index contributed by atoms with van der Waals surface area (Å²) in [6.45, 7) is 3.78. The molecular formula is C21H21FN4O2S. The highest BCUT2D eigenvalue weighted by molar-refractivity contribution is 7.99. The van der Waals surface area contributed by atoms with Gasteiger partial charge < -0.3 is 15.6 Å². The van der Waals surface area contributed by atoms with Gasteiger partial charge in [-0.2, -0.15) is 0 Å². The number of carbonyl (C=O) groups is 2. The molecule has 3 N–H and O–H groups in total. The van der Waals surface area contributed by atoms with Gasteiger partial charge >= 0.3 is 0 Å². The van der Waals surface area contributed by atoms with Crippen LogP contribution in [0, 0.1) is 19.7 Å². The Kier molecular flexibility index (Phi) is 6.33. The quantitative estimate of drug-likeness (QED) is 0.581. The fourth-order valence-corrected chi connectivity index (χ4v) is 3.73. The van der Waals surface area contributed by atoms with Crippen LogP contribution in [0.15, 0.2) is 53.8 Å². The minimum Gasteiger partial charge on any atom is -0.368 e. The summed E-state index contributed by atoms with van der Waals surface area (Å²) < 4.78 is 14.8. The molecule has 3 rings (SSSR count). The third kappa shape index (κ3) is 5.03. The number of thioether (sulfide) groups is 1. The van der Waals surface area contributed by atoms with Gasteiger partial charge in [-0.3, -0.25) is 9.59 Å². The first-order valence-electron chi connectivity index (χ1n) is 8.94. The third-order valence-corrected chi connectivity index (χ3v) is 5.34. The van der Waals surface area contributed by atoms with E-state index in [-0.39, 0.29) is 24.0 Å². The van der Waals surface area contributed by atoms with E-state index in [0.29, 0.717) is 16.4 Å². The van der Waals surface area contributed by atoms with Crippen molar-refractivity contribution in [1.82, 2.24) is 9.55 Å². The molecule has 6 nitrogen and oxygen atoms in total. The number of amides is 2. The second-order valence-corrected chi connectivity index (χ2v) is 7.53. The molecule has 0 radical (unpaired) electrons. The van der Waals surface area contributed by atoms with Crippen molar-refractivity contribution in [3.8, 4) is 11.3 Å². The first kappa shape index (κ1) is 20.6. The van der Waals surface area contributed by atoms with E-state index in [0.717, 1.165) is 16.8 Å². The number of rotatable bonds is 7. The maximum absolute atomic E-state index is 13.2. The summed E-state index contributed by atoms with van der Waals surface area (Å²) in [7, 11) is 0. The number of hydrogen-bond donors (Lipinski definition) is 2. The molecule has 0 atom stereocenters. The average Bonchev–Trinajstić information content (AvgIpc) is 3.05. The fourth-order valence-electron chi connectivity index (χ4n) is 2.95. The van der Waals surface area contributed by atoms with Crippen LogP contribution in [-0.4, -0.2) is 27.1 Å². The normalized spacial score (nSPS) is 10.7. The van der Waals surface area contributed by atoms with Crippen LogP contribution in [0.5, 0.6) is 0 Å². The average molecular weight is 412 g/mol. The Labute approximate surface area is 172 Å². The van der Waals surface area contributed by atoms with Gasteiger partial charge in [0.05, 0.1) is 17.6 Å². The molecule has 0 saturated heterocycles. The smallest absolute Gasteiger partial charge is 0.237 e. The van der Waals surface area contributed by atoms with E-state index in [4.69, 9.17) is 5.73 Å². The zero-order valence-corrected chi connectivity index (χ0v) is 16.9. The van der Waals surface area contributed by atoms with Gasteiger partial charge in [-0.15, -0.1) is 0 Å². The van der Waals surface area contributed by atoms with Gasteiger partial charge in [-0.25, -0.2) is 9.37 Å². The zero-order chi connectivity index (χ0) is 21.0. The first-order chi connectivity index (χ1) is 13.8. The number of para-hydroxylation sites is 1. The predicted octanol–water partition coefficient (Wildman–Crippen LogP) is 3.52. The summed E-state index contributed by atoms with van der Waals surface area (Å²) >= 11 is 1.20. The molecule has 3 aromatic rings. The SMILES string of the molecule is Cc1cccc(C)c1NC(=O)CSc1ncc(-c2ccc(F)cc2)n1CC(N)=O. The van der Waals surface area contributed by atoms with E-state index in [1.165, 1.54) is 23.9 Å². The van der Waals surface area contributed by atoms with Gasteiger partial charge in [0.1, 0.15) is 12.4 Å². The van der Waals surface area contributed by atoms with Crippen molar-refractivity contribution >= 4 is 29.3 Å². The highest BCUT2D eigenvalue weighted by Crippen LogP contribution is 2.27. The maximum atomic E-state index is 13.2. The minimum atomic E-state index is -0.534. The number of nitrogens with one attached hydrogen (secondary N) is 1. The zero-order valence-electron chi connectivity index (χ0n) is 16.1. The monoisotopic (exact) mass is 412 g/mol. The highest BCUT2D eigenvalue weighted by Gasteiger charge is 2.16. The molecule has 0 fully saturated rings. The molecule has 1 heterocycles. The molecule has 150 valence electrons. The summed E-state index contributed by atoms with van der Waals surface area (Å²) in [5.41, 5.74) is 9.47. The Morgan fingerprint density at radius 1 is 1.14 bits per heavy atom. The minimum absolute atomic E-state index is 0.0897. The Morgan fingerprint density at radius 3 is 2.41 bits per heavy atom. The molecule has 0 aliphatic rings. The van der Waals surface area contributed by atoms with Crippen LogP contribution in [0.2, 0.25) is 0 Å². The number of primary amides is 1. The molecule has 0 unspecified atom stereocenters. The van der Waals surface area contributed by atoms with Crippen LogP contribution in [0.25, 0.3) is 11.3 Å². The molecule has 0 aliphatic heterocycles. The van der Waals surface area contributed by atoms with E-state index in [1.807, 2.05) is 32.0 Å². The molecule has 29 heavy (non-hydrogen) atoms. The van der Waals surface area contributed by atoms with Crippen molar-refractivity contribution < 1.29 is 14.0 Å². The summed E-state index contributed by atoms with van der Waals surface area (Å²) in [5.74, 6) is -0.947.